The fraction of sp³-hybridized carbons (Fsp3) is 0.333. The van der Waals surface area contributed by atoms with Gasteiger partial charge < -0.3 is 9.72 Å². The average Bonchev–Trinajstić information content (AvgIpc) is 3.29. The lowest BCUT2D eigenvalue weighted by Gasteiger charge is -2.11. The van der Waals surface area contributed by atoms with Crippen LogP contribution in [0.4, 0.5) is 0 Å². The number of benzene rings is 1. The minimum atomic E-state index is 0.474. The molecular formula is C21H21N3O. The number of H-pyrrole nitrogens is 1. The van der Waals surface area contributed by atoms with Crippen LogP contribution < -0.4 is 4.74 Å². The topological polar surface area (TPSA) is 61.7 Å². The predicted octanol–water partition coefficient (Wildman–Crippen LogP) is 4.69. The lowest BCUT2D eigenvalue weighted by Crippen LogP contribution is -2.01. The Labute approximate surface area is 147 Å². The minimum Gasteiger partial charge on any atom is -0.497 e. The van der Waals surface area contributed by atoms with Crippen molar-refractivity contribution in [2.45, 2.75) is 38.0 Å². The maximum absolute atomic E-state index is 9.11. The number of fused-ring (bicyclic) bond motifs is 1. The summed E-state index contributed by atoms with van der Waals surface area (Å²) in [6.45, 7) is 0. The van der Waals surface area contributed by atoms with Gasteiger partial charge >= 0.3 is 0 Å². The van der Waals surface area contributed by atoms with Crippen LogP contribution >= 0.6 is 0 Å². The van der Waals surface area contributed by atoms with Crippen molar-refractivity contribution >= 4 is 10.9 Å². The SMILES string of the molecule is COc1ccc2c(Cc3cccc(C#N)n3)c(C3CCCC3)[nH]c2c1. The fourth-order valence-corrected chi connectivity index (χ4v) is 3.96. The number of hydrogen-bond donors (Lipinski definition) is 1. The number of nitriles is 1. The van der Waals surface area contributed by atoms with E-state index >= 15 is 0 Å². The maximum atomic E-state index is 9.11. The number of pyridine rings is 1. The number of methoxy groups -OCH3 is 1. The number of nitrogens with one attached hydrogen (secondary N) is 1. The first kappa shape index (κ1) is 15.7. The lowest BCUT2D eigenvalue weighted by atomic mass is 9.96. The smallest absolute Gasteiger partial charge is 0.140 e. The lowest BCUT2D eigenvalue weighted by molar-refractivity contribution is 0.415. The summed E-state index contributed by atoms with van der Waals surface area (Å²) in [6.07, 6.45) is 5.81. The van der Waals surface area contributed by atoms with Crippen LogP contribution in [0, 0.1) is 11.3 Å². The molecule has 4 nitrogen and oxygen atoms in total. The summed E-state index contributed by atoms with van der Waals surface area (Å²) in [7, 11) is 1.69. The molecule has 25 heavy (non-hydrogen) atoms. The molecule has 1 aliphatic carbocycles. The zero-order valence-corrected chi connectivity index (χ0v) is 14.4. The molecule has 2 heterocycles. The monoisotopic (exact) mass is 331 g/mol. The van der Waals surface area contributed by atoms with Crippen molar-refractivity contribution < 1.29 is 4.74 Å². The van der Waals surface area contributed by atoms with Gasteiger partial charge in [-0.1, -0.05) is 18.9 Å². The van der Waals surface area contributed by atoms with E-state index in [2.05, 4.69) is 28.2 Å². The van der Waals surface area contributed by atoms with Gasteiger partial charge in [0.1, 0.15) is 17.5 Å². The van der Waals surface area contributed by atoms with Gasteiger partial charge in [-0.25, -0.2) is 4.98 Å². The van der Waals surface area contributed by atoms with E-state index in [-0.39, 0.29) is 0 Å². The largest absolute Gasteiger partial charge is 0.497 e. The Morgan fingerprint density at radius 2 is 2.08 bits per heavy atom. The highest BCUT2D eigenvalue weighted by Crippen LogP contribution is 2.39. The highest BCUT2D eigenvalue weighted by Gasteiger charge is 2.24. The second kappa shape index (κ2) is 6.60. The van der Waals surface area contributed by atoms with Gasteiger partial charge in [-0.2, -0.15) is 5.26 Å². The second-order valence-corrected chi connectivity index (χ2v) is 6.71. The summed E-state index contributed by atoms with van der Waals surface area (Å²) in [5.74, 6) is 1.45. The third-order valence-corrected chi connectivity index (χ3v) is 5.19. The maximum Gasteiger partial charge on any atom is 0.140 e. The van der Waals surface area contributed by atoms with Crippen molar-refractivity contribution in [2.75, 3.05) is 7.11 Å². The second-order valence-electron chi connectivity index (χ2n) is 6.71. The van der Waals surface area contributed by atoms with Crippen LogP contribution in [0.15, 0.2) is 36.4 Å². The van der Waals surface area contributed by atoms with Crippen molar-refractivity contribution in [3.05, 3.63) is 59.0 Å². The van der Waals surface area contributed by atoms with E-state index in [0.29, 0.717) is 11.6 Å². The molecule has 3 aromatic rings. The van der Waals surface area contributed by atoms with Gasteiger partial charge in [0.05, 0.1) is 7.11 Å². The number of hydrogen-bond acceptors (Lipinski definition) is 3. The molecule has 1 aliphatic rings. The summed E-state index contributed by atoms with van der Waals surface area (Å²) in [6, 6.07) is 14.0. The van der Waals surface area contributed by atoms with Crippen LogP contribution in [0.3, 0.4) is 0 Å². The van der Waals surface area contributed by atoms with E-state index in [9.17, 15) is 0 Å². The van der Waals surface area contributed by atoms with Gasteiger partial charge in [0, 0.05) is 34.8 Å². The Balaban J connectivity index is 1.81. The zero-order valence-electron chi connectivity index (χ0n) is 14.4. The molecule has 2 aromatic heterocycles. The van der Waals surface area contributed by atoms with Gasteiger partial charge in [-0.3, -0.25) is 0 Å². The molecule has 0 aliphatic heterocycles. The first-order valence-electron chi connectivity index (χ1n) is 8.83. The molecule has 0 saturated heterocycles. The molecule has 1 aromatic carbocycles. The van der Waals surface area contributed by atoms with Gasteiger partial charge in [0.15, 0.2) is 0 Å². The summed E-state index contributed by atoms with van der Waals surface area (Å²) in [5, 5.41) is 10.3. The van der Waals surface area contributed by atoms with E-state index in [4.69, 9.17) is 10.00 Å². The van der Waals surface area contributed by atoms with Crippen LogP contribution in [0.1, 0.15) is 54.2 Å². The Morgan fingerprint density at radius 3 is 2.84 bits per heavy atom. The van der Waals surface area contributed by atoms with Crippen molar-refractivity contribution in [2.24, 2.45) is 0 Å². The van der Waals surface area contributed by atoms with Crippen LogP contribution in [0.2, 0.25) is 0 Å². The molecule has 1 N–H and O–H groups in total. The molecule has 0 unspecified atom stereocenters. The Morgan fingerprint density at radius 1 is 1.24 bits per heavy atom. The highest BCUT2D eigenvalue weighted by molar-refractivity contribution is 5.86. The molecule has 0 spiro atoms. The van der Waals surface area contributed by atoms with Gasteiger partial charge in [-0.05, 0) is 48.6 Å². The van der Waals surface area contributed by atoms with E-state index < -0.39 is 0 Å². The van der Waals surface area contributed by atoms with Gasteiger partial charge in [0.25, 0.3) is 0 Å². The standard InChI is InChI=1S/C21H21N3O/c1-25-17-9-10-18-19(11-15-7-4-8-16(13-22)23-15)21(24-20(18)12-17)14-5-2-3-6-14/h4,7-10,12,14,24H,2-3,5-6,11H2,1H3. The van der Waals surface area contributed by atoms with Crippen molar-refractivity contribution in [3.63, 3.8) is 0 Å². The van der Waals surface area contributed by atoms with Crippen molar-refractivity contribution in [1.29, 1.82) is 5.26 Å². The predicted molar refractivity (Wildman–Crippen MR) is 97.8 cm³/mol. The highest BCUT2D eigenvalue weighted by atomic mass is 16.5. The van der Waals surface area contributed by atoms with Gasteiger partial charge in [0.2, 0.25) is 0 Å². The Kier molecular flexibility index (Phi) is 4.15. The van der Waals surface area contributed by atoms with Crippen molar-refractivity contribution in [3.8, 4) is 11.8 Å². The number of nitrogens with zero attached hydrogens (tertiary/aromatic N) is 2. The molecule has 0 radical (unpaired) electrons. The molecule has 1 fully saturated rings. The van der Waals surface area contributed by atoms with E-state index in [0.717, 1.165) is 23.4 Å². The van der Waals surface area contributed by atoms with Crippen molar-refractivity contribution in [1.82, 2.24) is 9.97 Å². The minimum absolute atomic E-state index is 0.474. The van der Waals surface area contributed by atoms with E-state index in [1.807, 2.05) is 18.2 Å². The van der Waals surface area contributed by atoms with Crippen LogP contribution in [0.25, 0.3) is 10.9 Å². The molecule has 4 rings (SSSR count). The zero-order chi connectivity index (χ0) is 17.2. The molecule has 0 atom stereocenters. The summed E-state index contributed by atoms with van der Waals surface area (Å²) < 4.78 is 5.38. The van der Waals surface area contributed by atoms with Crippen LogP contribution in [-0.4, -0.2) is 17.1 Å². The number of ether oxygens (including phenoxy) is 1. The average molecular weight is 331 g/mol. The fourth-order valence-electron chi connectivity index (χ4n) is 3.96. The third-order valence-electron chi connectivity index (χ3n) is 5.19. The molecule has 4 heteroatoms. The Bertz CT molecular complexity index is 945. The van der Waals surface area contributed by atoms with E-state index in [1.54, 1.807) is 13.2 Å². The summed E-state index contributed by atoms with van der Waals surface area (Å²) in [4.78, 5) is 8.13. The third kappa shape index (κ3) is 2.98. The molecule has 1 saturated carbocycles. The molecule has 126 valence electrons. The summed E-state index contributed by atoms with van der Waals surface area (Å²) >= 11 is 0. The molecule has 0 amide bonds. The first-order chi connectivity index (χ1) is 12.3. The molecular weight excluding hydrogens is 310 g/mol. The number of rotatable bonds is 4. The normalized spacial score (nSPS) is 14.7. The quantitative estimate of drug-likeness (QED) is 0.754. The van der Waals surface area contributed by atoms with Gasteiger partial charge in [-0.15, -0.1) is 0 Å². The Hall–Kier alpha value is -2.80. The van der Waals surface area contributed by atoms with E-state index in [1.165, 1.54) is 42.3 Å². The molecule has 0 bridgehead atoms. The first-order valence-corrected chi connectivity index (χ1v) is 8.83. The number of aromatic nitrogens is 2. The summed E-state index contributed by atoms with van der Waals surface area (Å²) in [5.41, 5.74) is 5.18. The van der Waals surface area contributed by atoms with Crippen LogP contribution in [-0.2, 0) is 6.42 Å². The number of aromatic amines is 1. The van der Waals surface area contributed by atoms with Crippen LogP contribution in [0.5, 0.6) is 5.75 Å².